The van der Waals surface area contributed by atoms with Crippen LogP contribution in [-0.4, -0.2) is 24.8 Å². The van der Waals surface area contributed by atoms with Gasteiger partial charge in [-0.25, -0.2) is 4.79 Å². The first-order valence-corrected chi connectivity index (χ1v) is 5.90. The van der Waals surface area contributed by atoms with E-state index >= 15 is 0 Å². The molecule has 1 fully saturated rings. The molecule has 4 nitrogen and oxygen atoms in total. The highest BCUT2D eigenvalue weighted by atomic mass is 79.9. The van der Waals surface area contributed by atoms with Gasteiger partial charge in [0.1, 0.15) is 6.10 Å². The molecule has 2 unspecified atom stereocenters. The number of nitrogens with one attached hydrogen (secondary N) is 1. The van der Waals surface area contributed by atoms with E-state index in [1.165, 1.54) is 0 Å². The predicted molar refractivity (Wildman–Crippen MR) is 64.1 cm³/mol. The van der Waals surface area contributed by atoms with Crippen LogP contribution < -0.4 is 11.1 Å². The van der Waals surface area contributed by atoms with Gasteiger partial charge in [-0.3, -0.25) is 0 Å². The van der Waals surface area contributed by atoms with Gasteiger partial charge in [-0.05, 0) is 17.7 Å². The van der Waals surface area contributed by atoms with Crippen LogP contribution in [0.25, 0.3) is 0 Å². The molecule has 1 saturated heterocycles. The van der Waals surface area contributed by atoms with Crippen molar-refractivity contribution in [1.82, 2.24) is 5.32 Å². The van der Waals surface area contributed by atoms with Crippen molar-refractivity contribution in [1.29, 1.82) is 0 Å². The summed E-state index contributed by atoms with van der Waals surface area (Å²) in [5, 5.41) is 2.69. The quantitative estimate of drug-likeness (QED) is 0.883. The van der Waals surface area contributed by atoms with E-state index in [9.17, 15) is 4.79 Å². The van der Waals surface area contributed by atoms with Crippen LogP contribution in [-0.2, 0) is 11.2 Å². The van der Waals surface area contributed by atoms with Gasteiger partial charge >= 0.3 is 6.09 Å². The van der Waals surface area contributed by atoms with Crippen molar-refractivity contribution >= 4 is 22.0 Å². The molecule has 0 bridgehead atoms. The van der Waals surface area contributed by atoms with E-state index in [-0.39, 0.29) is 18.2 Å². The molecule has 1 aromatic rings. The van der Waals surface area contributed by atoms with Crippen LogP contribution >= 0.6 is 15.9 Å². The van der Waals surface area contributed by atoms with Gasteiger partial charge in [0.15, 0.2) is 0 Å². The summed E-state index contributed by atoms with van der Waals surface area (Å²) in [4.78, 5) is 11.1. The summed E-state index contributed by atoms with van der Waals surface area (Å²) in [6.07, 6.45) is 0.143. The number of halogens is 1. The minimum absolute atomic E-state index is 0.0869. The van der Waals surface area contributed by atoms with E-state index in [2.05, 4.69) is 21.2 Å². The molecule has 0 radical (unpaired) electrons. The minimum Gasteiger partial charge on any atom is -0.444 e. The zero-order valence-electron chi connectivity index (χ0n) is 8.65. The fourth-order valence-corrected chi connectivity index (χ4v) is 2.01. The van der Waals surface area contributed by atoms with Crippen LogP contribution in [0.5, 0.6) is 0 Å². The van der Waals surface area contributed by atoms with Gasteiger partial charge in [-0.1, -0.05) is 28.1 Å². The number of rotatable bonds is 3. The topological polar surface area (TPSA) is 64.3 Å². The number of alkyl carbamates (subject to hydrolysis) is 1. The van der Waals surface area contributed by atoms with Crippen molar-refractivity contribution in [2.24, 2.45) is 5.73 Å². The van der Waals surface area contributed by atoms with E-state index in [0.29, 0.717) is 13.0 Å². The van der Waals surface area contributed by atoms with Gasteiger partial charge in [0, 0.05) is 17.4 Å². The molecule has 5 heteroatoms. The Kier molecular flexibility index (Phi) is 3.46. The van der Waals surface area contributed by atoms with Crippen LogP contribution in [0, 0.1) is 0 Å². The Morgan fingerprint density at radius 3 is 2.69 bits per heavy atom. The summed E-state index contributed by atoms with van der Waals surface area (Å²) in [6.45, 7) is 0.396. The Bertz CT molecular complexity index is 380. The number of amides is 1. The van der Waals surface area contributed by atoms with Crippen molar-refractivity contribution in [3.63, 3.8) is 0 Å². The largest absolute Gasteiger partial charge is 0.444 e. The third-order valence-corrected chi connectivity index (χ3v) is 3.14. The number of carbonyl (C=O) groups is 1. The SMILES string of the molecule is NCC1NC(=O)OC1Cc1ccc(Br)cc1. The molecule has 1 aliphatic rings. The maximum Gasteiger partial charge on any atom is 0.407 e. The van der Waals surface area contributed by atoms with E-state index < -0.39 is 0 Å². The smallest absolute Gasteiger partial charge is 0.407 e. The summed E-state index contributed by atoms with van der Waals surface area (Å²) in [6, 6.07) is 7.86. The molecule has 0 spiro atoms. The van der Waals surface area contributed by atoms with Crippen LogP contribution in [0.2, 0.25) is 0 Å². The molecule has 0 aliphatic carbocycles. The maximum absolute atomic E-state index is 11.1. The highest BCUT2D eigenvalue weighted by molar-refractivity contribution is 9.10. The third-order valence-electron chi connectivity index (χ3n) is 2.61. The van der Waals surface area contributed by atoms with Crippen molar-refractivity contribution < 1.29 is 9.53 Å². The van der Waals surface area contributed by atoms with Crippen LogP contribution in [0.15, 0.2) is 28.7 Å². The molecule has 0 saturated carbocycles. The Morgan fingerprint density at radius 2 is 2.06 bits per heavy atom. The molecule has 1 aromatic carbocycles. The highest BCUT2D eigenvalue weighted by Crippen LogP contribution is 2.16. The van der Waals surface area contributed by atoms with E-state index in [4.69, 9.17) is 10.5 Å². The molecule has 2 atom stereocenters. The lowest BCUT2D eigenvalue weighted by molar-refractivity contribution is 0.132. The zero-order valence-corrected chi connectivity index (χ0v) is 10.2. The summed E-state index contributed by atoms with van der Waals surface area (Å²) < 4.78 is 6.19. The lowest BCUT2D eigenvalue weighted by Crippen LogP contribution is -2.39. The molecule has 3 N–H and O–H groups in total. The standard InChI is InChI=1S/C11H13BrN2O2/c12-8-3-1-7(2-4-8)5-10-9(6-13)14-11(15)16-10/h1-4,9-10H,5-6,13H2,(H,14,15). The van der Waals surface area contributed by atoms with Gasteiger partial charge in [-0.2, -0.15) is 0 Å². The molecule has 16 heavy (non-hydrogen) atoms. The van der Waals surface area contributed by atoms with Crippen LogP contribution in [0.4, 0.5) is 4.79 Å². The minimum atomic E-state index is -0.377. The van der Waals surface area contributed by atoms with Crippen molar-refractivity contribution in [2.45, 2.75) is 18.6 Å². The number of nitrogens with two attached hydrogens (primary N) is 1. The fraction of sp³-hybridized carbons (Fsp3) is 0.364. The maximum atomic E-state index is 11.1. The Balaban J connectivity index is 2.03. The number of hydrogen-bond acceptors (Lipinski definition) is 3. The highest BCUT2D eigenvalue weighted by Gasteiger charge is 2.32. The number of benzene rings is 1. The zero-order chi connectivity index (χ0) is 11.5. The van der Waals surface area contributed by atoms with Crippen molar-refractivity contribution in [2.75, 3.05) is 6.54 Å². The molecule has 0 aromatic heterocycles. The summed E-state index contributed by atoms with van der Waals surface area (Å²) in [5.74, 6) is 0. The second-order valence-corrected chi connectivity index (χ2v) is 4.68. The number of hydrogen-bond donors (Lipinski definition) is 2. The van der Waals surface area contributed by atoms with Crippen LogP contribution in [0.1, 0.15) is 5.56 Å². The van der Waals surface area contributed by atoms with Gasteiger partial charge in [0.05, 0.1) is 6.04 Å². The first kappa shape index (κ1) is 11.4. The first-order valence-electron chi connectivity index (χ1n) is 5.10. The molecule has 1 heterocycles. The third kappa shape index (κ3) is 2.54. The summed E-state index contributed by atoms with van der Waals surface area (Å²) >= 11 is 3.38. The van der Waals surface area contributed by atoms with Crippen molar-refractivity contribution in [3.8, 4) is 0 Å². The van der Waals surface area contributed by atoms with Gasteiger partial charge in [-0.15, -0.1) is 0 Å². The van der Waals surface area contributed by atoms with Gasteiger partial charge in [0.25, 0.3) is 0 Å². The van der Waals surface area contributed by atoms with E-state index in [1.807, 2.05) is 24.3 Å². The molecule has 1 aliphatic heterocycles. The van der Waals surface area contributed by atoms with Crippen molar-refractivity contribution in [3.05, 3.63) is 34.3 Å². The number of carbonyl (C=O) groups excluding carboxylic acids is 1. The monoisotopic (exact) mass is 284 g/mol. The molecule has 2 rings (SSSR count). The molecular weight excluding hydrogens is 272 g/mol. The molecular formula is C11H13BrN2O2. The predicted octanol–water partition coefficient (Wildman–Crippen LogP) is 1.43. The van der Waals surface area contributed by atoms with E-state index in [1.54, 1.807) is 0 Å². The second-order valence-electron chi connectivity index (χ2n) is 3.76. The average Bonchev–Trinajstić information content (AvgIpc) is 2.62. The number of cyclic esters (lactones) is 1. The fourth-order valence-electron chi connectivity index (χ4n) is 1.75. The molecule has 86 valence electrons. The lowest BCUT2D eigenvalue weighted by Gasteiger charge is -2.14. The Morgan fingerprint density at radius 1 is 1.38 bits per heavy atom. The summed E-state index contributed by atoms with van der Waals surface area (Å²) in [5.41, 5.74) is 6.69. The lowest BCUT2D eigenvalue weighted by atomic mass is 10.0. The van der Waals surface area contributed by atoms with E-state index in [0.717, 1.165) is 10.0 Å². The van der Waals surface area contributed by atoms with Gasteiger partial charge < -0.3 is 15.8 Å². The van der Waals surface area contributed by atoms with Gasteiger partial charge in [0.2, 0.25) is 0 Å². The Hall–Kier alpha value is -1.07. The molecule has 1 amide bonds. The number of ether oxygens (including phenoxy) is 1. The second kappa shape index (κ2) is 4.84. The summed E-state index contributed by atoms with van der Waals surface area (Å²) in [7, 11) is 0. The average molecular weight is 285 g/mol. The first-order chi connectivity index (χ1) is 7.69. The normalized spacial score (nSPS) is 24.0. The van der Waals surface area contributed by atoms with Crippen LogP contribution in [0.3, 0.4) is 0 Å². The Labute approximate surface area is 102 Å².